The fourth-order valence-corrected chi connectivity index (χ4v) is 3.36. The van der Waals surface area contributed by atoms with Gasteiger partial charge in [0.25, 0.3) is 0 Å². The second kappa shape index (κ2) is 6.29. The summed E-state index contributed by atoms with van der Waals surface area (Å²) in [5.41, 5.74) is 1.16. The van der Waals surface area contributed by atoms with E-state index in [-0.39, 0.29) is 0 Å². The molecule has 106 valence electrons. The maximum absolute atomic E-state index is 5.54. The normalized spacial score (nSPS) is 24.2. The van der Waals surface area contributed by atoms with Crippen LogP contribution in [-0.4, -0.2) is 21.3 Å². The maximum Gasteiger partial charge on any atom is 0.127 e. The molecule has 1 aromatic carbocycles. The van der Waals surface area contributed by atoms with Crippen LogP contribution in [0.3, 0.4) is 0 Å². The van der Waals surface area contributed by atoms with Crippen molar-refractivity contribution in [2.45, 2.75) is 32.2 Å². The van der Waals surface area contributed by atoms with Gasteiger partial charge in [0.15, 0.2) is 0 Å². The van der Waals surface area contributed by atoms with Gasteiger partial charge in [0, 0.05) is 6.04 Å². The van der Waals surface area contributed by atoms with Gasteiger partial charge < -0.3 is 14.8 Å². The van der Waals surface area contributed by atoms with Crippen LogP contribution in [0.25, 0.3) is 0 Å². The van der Waals surface area contributed by atoms with Crippen molar-refractivity contribution in [1.29, 1.82) is 0 Å². The highest BCUT2D eigenvalue weighted by Gasteiger charge is 2.32. The molecule has 0 aliphatic heterocycles. The van der Waals surface area contributed by atoms with E-state index in [9.17, 15) is 0 Å². The largest absolute Gasteiger partial charge is 0.496 e. The van der Waals surface area contributed by atoms with Crippen molar-refractivity contribution >= 4 is 0 Å². The lowest BCUT2D eigenvalue weighted by molar-refractivity contribution is 0.332. The van der Waals surface area contributed by atoms with E-state index in [0.29, 0.717) is 12.0 Å². The second-order valence-electron chi connectivity index (χ2n) is 5.52. The Hall–Kier alpha value is -1.22. The first-order chi connectivity index (χ1) is 9.21. The zero-order valence-corrected chi connectivity index (χ0v) is 12.4. The third-order valence-corrected chi connectivity index (χ3v) is 4.29. The van der Waals surface area contributed by atoms with Crippen LogP contribution in [0.1, 0.15) is 37.8 Å². The van der Waals surface area contributed by atoms with Crippen molar-refractivity contribution in [2.75, 3.05) is 21.3 Å². The van der Waals surface area contributed by atoms with Crippen LogP contribution in [0.5, 0.6) is 11.5 Å². The van der Waals surface area contributed by atoms with Crippen molar-refractivity contribution in [1.82, 2.24) is 5.32 Å². The molecule has 3 heteroatoms. The standard InChI is InChI=1S/C16H25NO2/c1-11-8-9-12(10-11)16(17-2)15-13(18-3)6-5-7-14(15)19-4/h5-7,11-12,16-17H,8-10H2,1-4H3. The topological polar surface area (TPSA) is 30.5 Å². The van der Waals surface area contributed by atoms with Crippen LogP contribution in [0.2, 0.25) is 0 Å². The molecule has 3 unspecified atom stereocenters. The number of methoxy groups -OCH3 is 2. The van der Waals surface area contributed by atoms with E-state index in [0.717, 1.165) is 23.0 Å². The maximum atomic E-state index is 5.54. The summed E-state index contributed by atoms with van der Waals surface area (Å²) in [7, 11) is 5.48. The van der Waals surface area contributed by atoms with Gasteiger partial charge in [-0.1, -0.05) is 19.4 Å². The fraction of sp³-hybridized carbons (Fsp3) is 0.625. The summed E-state index contributed by atoms with van der Waals surface area (Å²) in [5, 5.41) is 3.47. The van der Waals surface area contributed by atoms with Gasteiger partial charge in [-0.15, -0.1) is 0 Å². The molecule has 0 aromatic heterocycles. The van der Waals surface area contributed by atoms with Gasteiger partial charge in [-0.3, -0.25) is 0 Å². The van der Waals surface area contributed by atoms with E-state index >= 15 is 0 Å². The zero-order valence-electron chi connectivity index (χ0n) is 12.4. The predicted octanol–water partition coefficient (Wildman–Crippen LogP) is 3.40. The van der Waals surface area contributed by atoms with Crippen LogP contribution in [0.4, 0.5) is 0 Å². The lowest BCUT2D eigenvalue weighted by Gasteiger charge is -2.27. The highest BCUT2D eigenvalue weighted by molar-refractivity contribution is 5.47. The quantitative estimate of drug-likeness (QED) is 0.883. The molecule has 0 bridgehead atoms. The van der Waals surface area contributed by atoms with Gasteiger partial charge in [0.2, 0.25) is 0 Å². The van der Waals surface area contributed by atoms with E-state index < -0.39 is 0 Å². The molecular formula is C16H25NO2. The van der Waals surface area contributed by atoms with Gasteiger partial charge in [-0.25, -0.2) is 0 Å². The van der Waals surface area contributed by atoms with Crippen molar-refractivity contribution < 1.29 is 9.47 Å². The molecular weight excluding hydrogens is 238 g/mol. The van der Waals surface area contributed by atoms with Crippen molar-refractivity contribution in [3.05, 3.63) is 23.8 Å². The lowest BCUT2D eigenvalue weighted by atomic mass is 9.90. The van der Waals surface area contributed by atoms with Gasteiger partial charge in [-0.2, -0.15) is 0 Å². The number of benzene rings is 1. The van der Waals surface area contributed by atoms with Crippen LogP contribution < -0.4 is 14.8 Å². The molecule has 1 fully saturated rings. The minimum atomic E-state index is 0.302. The summed E-state index contributed by atoms with van der Waals surface area (Å²) in [4.78, 5) is 0. The molecule has 1 saturated carbocycles. The van der Waals surface area contributed by atoms with Gasteiger partial charge >= 0.3 is 0 Å². The predicted molar refractivity (Wildman–Crippen MR) is 77.9 cm³/mol. The summed E-state index contributed by atoms with van der Waals surface area (Å²) < 4.78 is 11.1. The number of nitrogens with one attached hydrogen (secondary N) is 1. The summed E-state index contributed by atoms with van der Waals surface area (Å²) in [6, 6.07) is 6.31. The Morgan fingerprint density at radius 3 is 2.21 bits per heavy atom. The molecule has 0 amide bonds. The Labute approximate surface area is 116 Å². The number of hydrogen-bond donors (Lipinski definition) is 1. The fourth-order valence-electron chi connectivity index (χ4n) is 3.36. The third-order valence-electron chi connectivity index (χ3n) is 4.29. The van der Waals surface area contributed by atoms with Crippen LogP contribution in [-0.2, 0) is 0 Å². The molecule has 1 N–H and O–H groups in total. The van der Waals surface area contributed by atoms with Gasteiger partial charge in [-0.05, 0) is 43.9 Å². The Bertz CT molecular complexity index is 397. The first-order valence-corrected chi connectivity index (χ1v) is 7.09. The average Bonchev–Trinajstić information content (AvgIpc) is 2.86. The monoisotopic (exact) mass is 263 g/mol. The molecule has 19 heavy (non-hydrogen) atoms. The van der Waals surface area contributed by atoms with E-state index in [1.165, 1.54) is 19.3 Å². The van der Waals surface area contributed by atoms with Gasteiger partial charge in [0.1, 0.15) is 11.5 Å². The van der Waals surface area contributed by atoms with E-state index in [4.69, 9.17) is 9.47 Å². The van der Waals surface area contributed by atoms with Crippen molar-refractivity contribution in [3.8, 4) is 11.5 Å². The second-order valence-corrected chi connectivity index (χ2v) is 5.52. The summed E-state index contributed by atoms with van der Waals surface area (Å²) in [5.74, 6) is 3.31. The smallest absolute Gasteiger partial charge is 0.127 e. The average molecular weight is 263 g/mol. The Morgan fingerprint density at radius 2 is 1.79 bits per heavy atom. The van der Waals surface area contributed by atoms with E-state index in [1.54, 1.807) is 14.2 Å². The molecule has 1 aliphatic carbocycles. The number of ether oxygens (including phenoxy) is 2. The van der Waals surface area contributed by atoms with Crippen molar-refractivity contribution in [2.24, 2.45) is 11.8 Å². The molecule has 0 saturated heterocycles. The summed E-state index contributed by atoms with van der Waals surface area (Å²) in [6.07, 6.45) is 3.86. The summed E-state index contributed by atoms with van der Waals surface area (Å²) >= 11 is 0. The zero-order chi connectivity index (χ0) is 13.8. The molecule has 0 heterocycles. The minimum Gasteiger partial charge on any atom is -0.496 e. The molecule has 1 aromatic rings. The van der Waals surface area contributed by atoms with Gasteiger partial charge in [0.05, 0.1) is 19.8 Å². The molecule has 3 atom stereocenters. The van der Waals surface area contributed by atoms with Crippen LogP contribution in [0, 0.1) is 11.8 Å². The Balaban J connectivity index is 2.36. The molecule has 0 radical (unpaired) electrons. The van der Waals surface area contributed by atoms with E-state index in [1.807, 2.05) is 25.2 Å². The highest BCUT2D eigenvalue weighted by Crippen LogP contribution is 2.44. The Morgan fingerprint density at radius 1 is 1.16 bits per heavy atom. The summed E-state index contributed by atoms with van der Waals surface area (Å²) in [6.45, 7) is 2.34. The minimum absolute atomic E-state index is 0.302. The SMILES string of the molecule is CNC(c1c(OC)cccc1OC)C1CCC(C)C1. The van der Waals surface area contributed by atoms with Crippen LogP contribution >= 0.6 is 0 Å². The molecule has 0 spiro atoms. The van der Waals surface area contributed by atoms with E-state index in [2.05, 4.69) is 12.2 Å². The first kappa shape index (κ1) is 14.2. The molecule has 1 aliphatic rings. The Kier molecular flexibility index (Phi) is 4.70. The van der Waals surface area contributed by atoms with Crippen LogP contribution in [0.15, 0.2) is 18.2 Å². The first-order valence-electron chi connectivity index (χ1n) is 7.09. The molecule has 2 rings (SSSR count). The highest BCUT2D eigenvalue weighted by atomic mass is 16.5. The number of hydrogen-bond acceptors (Lipinski definition) is 3. The molecule has 3 nitrogen and oxygen atoms in total. The third kappa shape index (κ3) is 2.86. The van der Waals surface area contributed by atoms with Crippen molar-refractivity contribution in [3.63, 3.8) is 0 Å². The lowest BCUT2D eigenvalue weighted by Crippen LogP contribution is -2.25. The number of rotatable bonds is 5.